The van der Waals surface area contributed by atoms with Crippen LogP contribution in [0.2, 0.25) is 5.02 Å². The highest BCUT2D eigenvalue weighted by Crippen LogP contribution is 2.32. The van der Waals surface area contributed by atoms with Crippen LogP contribution in [-0.4, -0.2) is 31.8 Å². The zero-order chi connectivity index (χ0) is 18.4. The number of carbonyl (C=O) groups excluding carboxylic acids is 2. The lowest BCUT2D eigenvalue weighted by Crippen LogP contribution is -2.38. The fourth-order valence-electron chi connectivity index (χ4n) is 2.22. The van der Waals surface area contributed by atoms with Gasteiger partial charge in [0.15, 0.2) is 18.1 Å². The number of halogens is 1. The van der Waals surface area contributed by atoms with Crippen LogP contribution < -0.4 is 24.8 Å². The summed E-state index contributed by atoms with van der Waals surface area (Å²) in [5, 5.41) is 5.80. The van der Waals surface area contributed by atoms with Gasteiger partial charge < -0.3 is 24.8 Å². The molecule has 2 amide bonds. The molecule has 0 aromatic heterocycles. The van der Waals surface area contributed by atoms with E-state index in [0.29, 0.717) is 28.8 Å². The highest BCUT2D eigenvalue weighted by Gasteiger charge is 2.13. The summed E-state index contributed by atoms with van der Waals surface area (Å²) >= 11 is 5.77. The van der Waals surface area contributed by atoms with Crippen molar-refractivity contribution in [2.24, 2.45) is 0 Å². The molecule has 0 atom stereocenters. The minimum absolute atomic E-state index is 0.132. The Balaban J connectivity index is 1.35. The monoisotopic (exact) mass is 376 g/mol. The van der Waals surface area contributed by atoms with Gasteiger partial charge in [-0.2, -0.15) is 0 Å². The van der Waals surface area contributed by atoms with E-state index in [-0.39, 0.29) is 25.9 Å². The molecule has 0 unspecified atom stereocenters. The Morgan fingerprint density at radius 3 is 2.58 bits per heavy atom. The number of benzene rings is 2. The maximum absolute atomic E-state index is 11.8. The minimum atomic E-state index is -0.391. The Hall–Kier alpha value is -2.93. The van der Waals surface area contributed by atoms with E-state index in [1.807, 2.05) is 6.07 Å². The van der Waals surface area contributed by atoms with Gasteiger partial charge in [-0.3, -0.25) is 9.59 Å². The van der Waals surface area contributed by atoms with Gasteiger partial charge >= 0.3 is 0 Å². The van der Waals surface area contributed by atoms with Gasteiger partial charge in [0.1, 0.15) is 5.75 Å². The van der Waals surface area contributed by atoms with E-state index in [4.69, 9.17) is 25.8 Å². The van der Waals surface area contributed by atoms with Crippen molar-refractivity contribution >= 4 is 23.4 Å². The molecule has 2 aromatic carbocycles. The number of ether oxygens (including phenoxy) is 3. The van der Waals surface area contributed by atoms with Gasteiger partial charge in [-0.05, 0) is 42.0 Å². The number of hydrogen-bond acceptors (Lipinski definition) is 5. The first-order valence-electron chi connectivity index (χ1n) is 7.90. The molecule has 136 valence electrons. The first kappa shape index (κ1) is 17.9. The number of nitrogens with one attached hydrogen (secondary N) is 2. The standard InChI is InChI=1S/C18H17ClN2O5/c19-13-2-4-14(5-3-13)24-10-18(23)21-9-17(22)20-8-12-1-6-15-16(7-12)26-11-25-15/h1-7H,8-11H2,(H,20,22)(H,21,23). The van der Waals surface area contributed by atoms with Gasteiger partial charge in [0, 0.05) is 11.6 Å². The van der Waals surface area contributed by atoms with Crippen molar-refractivity contribution in [2.75, 3.05) is 19.9 Å². The number of rotatable bonds is 7. The van der Waals surface area contributed by atoms with Crippen LogP contribution in [0.15, 0.2) is 42.5 Å². The van der Waals surface area contributed by atoms with Crippen LogP contribution in [0.25, 0.3) is 0 Å². The summed E-state index contributed by atoms with van der Waals surface area (Å²) in [5.41, 5.74) is 0.875. The Kier molecular flexibility index (Phi) is 5.80. The molecule has 3 rings (SSSR count). The Morgan fingerprint density at radius 2 is 1.77 bits per heavy atom. The molecule has 0 saturated heterocycles. The summed E-state index contributed by atoms with van der Waals surface area (Å²) in [5.74, 6) is 1.18. The van der Waals surface area contributed by atoms with Gasteiger partial charge in [0.25, 0.3) is 5.91 Å². The van der Waals surface area contributed by atoms with Gasteiger partial charge in [-0.1, -0.05) is 17.7 Å². The normalized spacial score (nSPS) is 11.7. The fourth-order valence-corrected chi connectivity index (χ4v) is 2.35. The molecule has 26 heavy (non-hydrogen) atoms. The fraction of sp³-hybridized carbons (Fsp3) is 0.222. The minimum Gasteiger partial charge on any atom is -0.484 e. The van der Waals surface area contributed by atoms with Crippen molar-refractivity contribution in [1.29, 1.82) is 0 Å². The average Bonchev–Trinajstić information content (AvgIpc) is 3.12. The molecule has 2 aromatic rings. The number of hydrogen-bond donors (Lipinski definition) is 2. The van der Waals surface area contributed by atoms with E-state index in [1.165, 1.54) is 0 Å². The summed E-state index contributed by atoms with van der Waals surface area (Å²) in [6.45, 7) is 0.215. The summed E-state index contributed by atoms with van der Waals surface area (Å²) < 4.78 is 15.8. The second-order valence-electron chi connectivity index (χ2n) is 5.48. The summed E-state index contributed by atoms with van der Waals surface area (Å²) in [4.78, 5) is 23.5. The van der Waals surface area contributed by atoms with E-state index < -0.39 is 5.91 Å². The summed E-state index contributed by atoms with van der Waals surface area (Å²) in [6.07, 6.45) is 0. The Labute approximate surface area is 155 Å². The van der Waals surface area contributed by atoms with Crippen molar-refractivity contribution in [2.45, 2.75) is 6.54 Å². The summed E-state index contributed by atoms with van der Waals surface area (Å²) in [6, 6.07) is 12.1. The van der Waals surface area contributed by atoms with Crippen molar-refractivity contribution < 1.29 is 23.8 Å². The molecular formula is C18H17ClN2O5. The third kappa shape index (κ3) is 5.03. The van der Waals surface area contributed by atoms with Gasteiger partial charge in [-0.15, -0.1) is 0 Å². The SMILES string of the molecule is O=C(CNC(=O)COc1ccc(Cl)cc1)NCc1ccc2c(c1)OCO2. The summed E-state index contributed by atoms with van der Waals surface area (Å²) in [7, 11) is 0. The van der Waals surface area contributed by atoms with Crippen LogP contribution in [0.4, 0.5) is 0 Å². The van der Waals surface area contributed by atoms with Gasteiger partial charge in [-0.25, -0.2) is 0 Å². The molecule has 8 heteroatoms. The van der Waals surface area contributed by atoms with Crippen LogP contribution >= 0.6 is 11.6 Å². The van der Waals surface area contributed by atoms with Gasteiger partial charge in [0.2, 0.25) is 12.7 Å². The van der Waals surface area contributed by atoms with Crippen LogP contribution in [0.5, 0.6) is 17.2 Å². The molecule has 1 aliphatic heterocycles. The molecule has 7 nitrogen and oxygen atoms in total. The van der Waals surface area contributed by atoms with Crippen LogP contribution in [0.1, 0.15) is 5.56 Å². The molecule has 1 aliphatic rings. The van der Waals surface area contributed by atoms with E-state index in [1.54, 1.807) is 36.4 Å². The third-order valence-electron chi connectivity index (χ3n) is 3.56. The molecule has 0 aliphatic carbocycles. The quantitative estimate of drug-likeness (QED) is 0.770. The lowest BCUT2D eigenvalue weighted by Gasteiger charge is -2.09. The van der Waals surface area contributed by atoms with Crippen molar-refractivity contribution in [3.8, 4) is 17.2 Å². The zero-order valence-electron chi connectivity index (χ0n) is 13.8. The van der Waals surface area contributed by atoms with E-state index in [9.17, 15) is 9.59 Å². The van der Waals surface area contributed by atoms with Crippen molar-refractivity contribution in [1.82, 2.24) is 10.6 Å². The molecule has 0 fully saturated rings. The van der Waals surface area contributed by atoms with Crippen molar-refractivity contribution in [3.05, 3.63) is 53.1 Å². The molecule has 2 N–H and O–H groups in total. The maximum Gasteiger partial charge on any atom is 0.258 e. The Morgan fingerprint density at radius 1 is 1.00 bits per heavy atom. The van der Waals surface area contributed by atoms with E-state index >= 15 is 0 Å². The topological polar surface area (TPSA) is 85.9 Å². The number of carbonyl (C=O) groups is 2. The third-order valence-corrected chi connectivity index (χ3v) is 3.81. The molecule has 1 heterocycles. The van der Waals surface area contributed by atoms with Gasteiger partial charge in [0.05, 0.1) is 6.54 Å². The predicted molar refractivity (Wildman–Crippen MR) is 94.4 cm³/mol. The molecule has 0 saturated carbocycles. The van der Waals surface area contributed by atoms with Crippen LogP contribution in [0.3, 0.4) is 0 Å². The number of amides is 2. The highest BCUT2D eigenvalue weighted by atomic mass is 35.5. The predicted octanol–water partition coefficient (Wildman–Crippen LogP) is 1.88. The van der Waals surface area contributed by atoms with E-state index in [0.717, 1.165) is 5.56 Å². The smallest absolute Gasteiger partial charge is 0.258 e. The second kappa shape index (κ2) is 8.44. The molecular weight excluding hydrogens is 360 g/mol. The second-order valence-corrected chi connectivity index (χ2v) is 5.92. The highest BCUT2D eigenvalue weighted by molar-refractivity contribution is 6.30. The maximum atomic E-state index is 11.8. The molecule has 0 spiro atoms. The van der Waals surface area contributed by atoms with E-state index in [2.05, 4.69) is 10.6 Å². The zero-order valence-corrected chi connectivity index (χ0v) is 14.5. The van der Waals surface area contributed by atoms with Crippen molar-refractivity contribution in [3.63, 3.8) is 0 Å². The first-order valence-corrected chi connectivity index (χ1v) is 8.28. The lowest BCUT2D eigenvalue weighted by molar-refractivity contribution is -0.127. The molecule has 0 radical (unpaired) electrons. The van der Waals surface area contributed by atoms with Crippen LogP contribution in [0, 0.1) is 0 Å². The average molecular weight is 377 g/mol. The largest absolute Gasteiger partial charge is 0.484 e. The lowest BCUT2D eigenvalue weighted by atomic mass is 10.2. The first-order chi connectivity index (χ1) is 12.6. The Bertz CT molecular complexity index is 795. The van der Waals surface area contributed by atoms with Crippen LogP contribution in [-0.2, 0) is 16.1 Å². The molecule has 0 bridgehead atoms. The number of fused-ring (bicyclic) bond motifs is 1.